The van der Waals surface area contributed by atoms with Crippen LogP contribution in [-0.2, 0) is 10.3 Å². The van der Waals surface area contributed by atoms with Gasteiger partial charge in [-0.25, -0.2) is 0 Å². The number of ketones is 2. The first-order valence-electron chi connectivity index (χ1n) is 8.49. The van der Waals surface area contributed by atoms with E-state index < -0.39 is 11.4 Å². The molecular weight excluding hydrogens is 348 g/mol. The van der Waals surface area contributed by atoms with Crippen molar-refractivity contribution in [3.8, 4) is 5.75 Å². The molecule has 27 heavy (non-hydrogen) atoms. The van der Waals surface area contributed by atoms with Gasteiger partial charge in [0, 0.05) is 17.2 Å². The summed E-state index contributed by atoms with van der Waals surface area (Å²) in [5, 5.41) is 10.4. The van der Waals surface area contributed by atoms with Gasteiger partial charge in [-0.15, -0.1) is 0 Å². The fraction of sp³-hybridized carbons (Fsp3) is 0.190. The van der Waals surface area contributed by atoms with Gasteiger partial charge in [0.1, 0.15) is 22.7 Å². The van der Waals surface area contributed by atoms with Gasteiger partial charge in [-0.3, -0.25) is 14.4 Å². The Kier molecular flexibility index (Phi) is 2.91. The minimum atomic E-state index is -0.703. The zero-order valence-electron chi connectivity index (χ0n) is 14.6. The standard InChI is InChI=1S/C21H14O6/c1-9-6-11-17(19(25)16-10(18(11)24)4-3-5-12(16)22)20-15(9)13(23)7-14(27-20)21(2)8-26-21/h3-7,22H,8H2,1-2H3/t21-/m0/s1. The van der Waals surface area contributed by atoms with E-state index >= 15 is 0 Å². The number of carbonyl (C=O) groups is 2. The number of aryl methyl sites for hydroxylation is 1. The normalized spacial score (nSPS) is 20.5. The molecular formula is C21H14O6. The van der Waals surface area contributed by atoms with Crippen LogP contribution in [-0.4, -0.2) is 23.3 Å². The van der Waals surface area contributed by atoms with Crippen molar-refractivity contribution in [2.45, 2.75) is 19.4 Å². The van der Waals surface area contributed by atoms with Crippen LogP contribution in [0.4, 0.5) is 0 Å². The van der Waals surface area contributed by atoms with Crippen LogP contribution in [0.5, 0.6) is 5.75 Å². The average molecular weight is 362 g/mol. The molecule has 1 aliphatic heterocycles. The number of ether oxygens (including phenoxy) is 1. The molecule has 134 valence electrons. The quantitative estimate of drug-likeness (QED) is 0.523. The molecule has 0 amide bonds. The van der Waals surface area contributed by atoms with Crippen molar-refractivity contribution in [2.75, 3.05) is 6.61 Å². The van der Waals surface area contributed by atoms with Crippen LogP contribution in [0.25, 0.3) is 11.0 Å². The molecule has 0 radical (unpaired) electrons. The molecule has 3 aromatic rings. The first-order valence-corrected chi connectivity index (χ1v) is 8.49. The predicted octanol–water partition coefficient (Wildman–Crippen LogP) is 2.83. The maximum atomic E-state index is 13.2. The smallest absolute Gasteiger partial charge is 0.202 e. The van der Waals surface area contributed by atoms with Crippen LogP contribution >= 0.6 is 0 Å². The fourth-order valence-electron chi connectivity index (χ4n) is 3.68. The molecule has 0 spiro atoms. The highest BCUT2D eigenvalue weighted by atomic mass is 16.6. The van der Waals surface area contributed by atoms with Crippen molar-refractivity contribution < 1.29 is 23.8 Å². The Labute approximate surface area is 153 Å². The first kappa shape index (κ1) is 16.0. The van der Waals surface area contributed by atoms with Crippen LogP contribution in [0.1, 0.15) is 50.1 Å². The minimum Gasteiger partial charge on any atom is -0.507 e. The maximum absolute atomic E-state index is 13.2. The molecule has 2 heterocycles. The Morgan fingerprint density at radius 3 is 2.48 bits per heavy atom. The molecule has 1 aromatic heterocycles. The molecule has 1 N–H and O–H groups in total. The number of fused-ring (bicyclic) bond motifs is 4. The van der Waals surface area contributed by atoms with Crippen LogP contribution < -0.4 is 5.43 Å². The van der Waals surface area contributed by atoms with Gasteiger partial charge in [0.25, 0.3) is 0 Å². The Balaban J connectivity index is 1.92. The van der Waals surface area contributed by atoms with Gasteiger partial charge >= 0.3 is 0 Å². The molecule has 0 bridgehead atoms. The second-order valence-corrected chi connectivity index (χ2v) is 7.17. The molecule has 1 atom stereocenters. The Morgan fingerprint density at radius 1 is 1.04 bits per heavy atom. The number of benzene rings is 2. The number of hydrogen-bond acceptors (Lipinski definition) is 6. The van der Waals surface area contributed by atoms with Gasteiger partial charge in [-0.1, -0.05) is 12.1 Å². The van der Waals surface area contributed by atoms with Crippen LogP contribution in [0.2, 0.25) is 0 Å². The Morgan fingerprint density at radius 2 is 1.78 bits per heavy atom. The summed E-state index contributed by atoms with van der Waals surface area (Å²) in [7, 11) is 0. The van der Waals surface area contributed by atoms with Crippen molar-refractivity contribution in [3.05, 3.63) is 74.1 Å². The van der Waals surface area contributed by atoms with Crippen molar-refractivity contribution >= 4 is 22.5 Å². The van der Waals surface area contributed by atoms with Crippen molar-refractivity contribution in [1.82, 2.24) is 0 Å². The number of phenols is 1. The highest BCUT2D eigenvalue weighted by Crippen LogP contribution is 2.41. The van der Waals surface area contributed by atoms with E-state index in [2.05, 4.69) is 0 Å². The van der Waals surface area contributed by atoms with Gasteiger partial charge in [0.2, 0.25) is 5.78 Å². The molecule has 1 aliphatic carbocycles. The zero-order chi connectivity index (χ0) is 19.1. The van der Waals surface area contributed by atoms with E-state index in [0.717, 1.165) is 0 Å². The van der Waals surface area contributed by atoms with E-state index in [9.17, 15) is 19.5 Å². The summed E-state index contributed by atoms with van der Waals surface area (Å²) in [6, 6.07) is 7.28. The highest BCUT2D eigenvalue weighted by molar-refractivity contribution is 6.32. The second kappa shape index (κ2) is 4.92. The van der Waals surface area contributed by atoms with Crippen molar-refractivity contribution in [2.24, 2.45) is 0 Å². The van der Waals surface area contributed by atoms with Gasteiger partial charge < -0.3 is 14.3 Å². The van der Waals surface area contributed by atoms with Crippen LogP contribution in [0.15, 0.2) is 39.5 Å². The molecule has 2 aliphatic rings. The van der Waals surface area contributed by atoms with Crippen LogP contribution in [0, 0.1) is 6.92 Å². The van der Waals surface area contributed by atoms with E-state index in [0.29, 0.717) is 17.9 Å². The zero-order valence-corrected chi connectivity index (χ0v) is 14.6. The lowest BCUT2D eigenvalue weighted by molar-refractivity contribution is 0.0977. The number of epoxide rings is 1. The second-order valence-electron chi connectivity index (χ2n) is 7.17. The summed E-state index contributed by atoms with van der Waals surface area (Å²) >= 11 is 0. The first-order chi connectivity index (χ1) is 12.8. The van der Waals surface area contributed by atoms with Crippen molar-refractivity contribution in [1.29, 1.82) is 0 Å². The monoisotopic (exact) mass is 362 g/mol. The van der Waals surface area contributed by atoms with E-state index in [1.165, 1.54) is 30.3 Å². The third-order valence-corrected chi connectivity index (χ3v) is 5.28. The van der Waals surface area contributed by atoms with E-state index in [1.807, 2.05) is 0 Å². The predicted molar refractivity (Wildman–Crippen MR) is 95.5 cm³/mol. The number of carbonyl (C=O) groups excluding carboxylic acids is 2. The lowest BCUT2D eigenvalue weighted by Gasteiger charge is -2.20. The van der Waals surface area contributed by atoms with E-state index in [1.54, 1.807) is 13.8 Å². The third kappa shape index (κ3) is 2.01. The highest BCUT2D eigenvalue weighted by Gasteiger charge is 2.45. The Hall–Kier alpha value is -3.25. The molecule has 5 rings (SSSR count). The molecule has 6 nitrogen and oxygen atoms in total. The van der Waals surface area contributed by atoms with E-state index in [4.69, 9.17) is 9.15 Å². The minimum absolute atomic E-state index is 0.0119. The lowest BCUT2D eigenvalue weighted by Crippen LogP contribution is -2.23. The summed E-state index contributed by atoms with van der Waals surface area (Å²) in [6.45, 7) is 3.89. The SMILES string of the molecule is Cc1cc2c(c3oc([C@]4(C)CO4)cc(=O)c13)C(=O)c1c(O)cccc1C2=O. The Bertz CT molecular complexity index is 1260. The lowest BCUT2D eigenvalue weighted by atomic mass is 9.81. The van der Waals surface area contributed by atoms with Gasteiger partial charge in [0.15, 0.2) is 11.2 Å². The molecule has 1 saturated heterocycles. The third-order valence-electron chi connectivity index (χ3n) is 5.28. The molecule has 0 unspecified atom stereocenters. The number of phenolic OH excluding ortho intramolecular Hbond substituents is 1. The topological polar surface area (TPSA) is 97.1 Å². The summed E-state index contributed by atoms with van der Waals surface area (Å²) in [6.07, 6.45) is 0. The summed E-state index contributed by atoms with van der Waals surface area (Å²) in [5.41, 5.74) is -0.127. The molecule has 0 saturated carbocycles. The average Bonchev–Trinajstić information content (AvgIpc) is 3.37. The van der Waals surface area contributed by atoms with Crippen molar-refractivity contribution in [3.63, 3.8) is 0 Å². The summed E-state index contributed by atoms with van der Waals surface area (Å²) in [5.74, 6) is -0.885. The van der Waals surface area contributed by atoms with Gasteiger partial charge in [0.05, 0.1) is 23.1 Å². The fourth-order valence-corrected chi connectivity index (χ4v) is 3.68. The summed E-state index contributed by atoms with van der Waals surface area (Å²) in [4.78, 5) is 38.9. The molecule has 2 aromatic carbocycles. The maximum Gasteiger partial charge on any atom is 0.202 e. The van der Waals surface area contributed by atoms with Gasteiger partial charge in [-0.05, 0) is 31.5 Å². The number of hydrogen-bond donors (Lipinski definition) is 1. The number of aromatic hydroxyl groups is 1. The summed E-state index contributed by atoms with van der Waals surface area (Å²) < 4.78 is 11.3. The van der Waals surface area contributed by atoms with Gasteiger partial charge in [-0.2, -0.15) is 0 Å². The largest absolute Gasteiger partial charge is 0.507 e. The van der Waals surface area contributed by atoms with E-state index in [-0.39, 0.29) is 50.2 Å². The molecule has 1 fully saturated rings. The molecule has 6 heteroatoms. The van der Waals surface area contributed by atoms with Crippen LogP contribution in [0.3, 0.4) is 0 Å². The number of rotatable bonds is 1.